The first-order valence-corrected chi connectivity index (χ1v) is 7.54. The molecule has 2 rings (SSSR count). The van der Waals surface area contributed by atoms with Crippen LogP contribution in [0.1, 0.15) is 31.2 Å². The Labute approximate surface area is 131 Å². The number of carbonyl (C=O) groups is 2. The van der Waals surface area contributed by atoms with Crippen molar-refractivity contribution in [3.8, 4) is 6.07 Å². The molecule has 1 amide bonds. The fourth-order valence-corrected chi connectivity index (χ4v) is 3.05. The molecule has 6 heteroatoms. The Hall–Kier alpha value is -1.87. The van der Waals surface area contributed by atoms with Crippen molar-refractivity contribution >= 4 is 33.5 Å². The average molecular weight is 351 g/mol. The van der Waals surface area contributed by atoms with E-state index in [0.717, 1.165) is 6.42 Å². The van der Waals surface area contributed by atoms with Crippen LogP contribution in [0.25, 0.3) is 0 Å². The van der Waals surface area contributed by atoms with E-state index in [1.165, 1.54) is 0 Å². The third kappa shape index (κ3) is 3.82. The summed E-state index contributed by atoms with van der Waals surface area (Å²) in [5.41, 5.74) is 1.10. The predicted octanol–water partition coefficient (Wildman–Crippen LogP) is 3.15. The third-order valence-electron chi connectivity index (χ3n) is 3.75. The number of benzene rings is 1. The maximum atomic E-state index is 12.3. The van der Waals surface area contributed by atoms with E-state index in [-0.39, 0.29) is 11.8 Å². The van der Waals surface area contributed by atoms with Crippen LogP contribution < -0.4 is 5.32 Å². The number of hydrogen-bond acceptors (Lipinski definition) is 3. The number of aliphatic carboxylic acids is 1. The fourth-order valence-electron chi connectivity index (χ4n) is 2.57. The SMILES string of the molecule is N#Cc1ccc(NC(=O)C2CCCC(C(=O)O)C2)c(Br)c1. The number of amides is 1. The van der Waals surface area contributed by atoms with E-state index < -0.39 is 11.9 Å². The van der Waals surface area contributed by atoms with Crippen LogP contribution in [0, 0.1) is 23.2 Å². The number of nitrogens with zero attached hydrogens (tertiary/aromatic N) is 1. The summed E-state index contributed by atoms with van der Waals surface area (Å²) in [4.78, 5) is 23.3. The van der Waals surface area contributed by atoms with E-state index in [4.69, 9.17) is 10.4 Å². The van der Waals surface area contributed by atoms with Crippen LogP contribution in [0.15, 0.2) is 22.7 Å². The fraction of sp³-hybridized carbons (Fsp3) is 0.400. The molecule has 1 saturated carbocycles. The molecule has 21 heavy (non-hydrogen) atoms. The molecular formula is C15H15BrN2O3. The van der Waals surface area contributed by atoms with E-state index in [2.05, 4.69) is 21.2 Å². The molecule has 1 aliphatic rings. The number of carboxylic acids is 1. The minimum absolute atomic E-state index is 0.161. The Bertz CT molecular complexity index is 609. The molecule has 5 nitrogen and oxygen atoms in total. The minimum Gasteiger partial charge on any atom is -0.481 e. The maximum absolute atomic E-state index is 12.3. The quantitative estimate of drug-likeness (QED) is 0.875. The standard InChI is InChI=1S/C15H15BrN2O3/c16-12-6-9(8-17)4-5-13(12)18-14(19)10-2-1-3-11(7-10)15(20)21/h4-6,10-11H,1-3,7H2,(H,18,19)(H,20,21). The number of nitriles is 1. The van der Waals surface area contributed by atoms with Crippen LogP contribution >= 0.6 is 15.9 Å². The van der Waals surface area contributed by atoms with Crippen LogP contribution in [-0.4, -0.2) is 17.0 Å². The number of anilines is 1. The van der Waals surface area contributed by atoms with Gasteiger partial charge in [-0.1, -0.05) is 6.42 Å². The lowest BCUT2D eigenvalue weighted by atomic mass is 9.81. The van der Waals surface area contributed by atoms with Gasteiger partial charge in [-0.2, -0.15) is 5.26 Å². The zero-order chi connectivity index (χ0) is 15.4. The summed E-state index contributed by atoms with van der Waals surface area (Å²) in [6.07, 6.45) is 2.49. The summed E-state index contributed by atoms with van der Waals surface area (Å²) in [7, 11) is 0. The highest BCUT2D eigenvalue weighted by Gasteiger charge is 2.31. The van der Waals surface area contributed by atoms with E-state index in [9.17, 15) is 9.59 Å². The van der Waals surface area contributed by atoms with Gasteiger partial charge in [-0.25, -0.2) is 0 Å². The third-order valence-corrected chi connectivity index (χ3v) is 4.41. The van der Waals surface area contributed by atoms with Gasteiger partial charge in [-0.05, 0) is 53.4 Å². The molecule has 1 aromatic carbocycles. The van der Waals surface area contributed by atoms with Gasteiger partial charge in [0.1, 0.15) is 0 Å². The number of carboxylic acid groups (broad SMARTS) is 1. The van der Waals surface area contributed by atoms with Crippen LogP contribution in [-0.2, 0) is 9.59 Å². The Morgan fingerprint density at radius 2 is 2.05 bits per heavy atom. The first-order valence-electron chi connectivity index (χ1n) is 6.74. The van der Waals surface area contributed by atoms with Gasteiger partial charge < -0.3 is 10.4 Å². The van der Waals surface area contributed by atoms with Gasteiger partial charge in [0.2, 0.25) is 5.91 Å². The molecule has 110 valence electrons. The molecule has 0 spiro atoms. The molecule has 0 saturated heterocycles. The highest BCUT2D eigenvalue weighted by Crippen LogP contribution is 2.31. The molecule has 0 radical (unpaired) electrons. The van der Waals surface area contributed by atoms with Crippen molar-refractivity contribution in [1.82, 2.24) is 0 Å². The zero-order valence-corrected chi connectivity index (χ0v) is 12.9. The molecule has 0 bridgehead atoms. The number of carbonyl (C=O) groups excluding carboxylic acids is 1. The summed E-state index contributed by atoms with van der Waals surface area (Å²) in [5, 5.41) is 20.7. The Balaban J connectivity index is 2.04. The number of nitrogens with one attached hydrogen (secondary N) is 1. The summed E-state index contributed by atoms with van der Waals surface area (Å²) < 4.78 is 0.639. The Morgan fingerprint density at radius 3 is 2.67 bits per heavy atom. The highest BCUT2D eigenvalue weighted by molar-refractivity contribution is 9.10. The lowest BCUT2D eigenvalue weighted by Gasteiger charge is -2.25. The molecule has 0 aliphatic heterocycles. The van der Waals surface area contributed by atoms with E-state index >= 15 is 0 Å². The molecule has 2 N–H and O–H groups in total. The van der Waals surface area contributed by atoms with Crippen LogP contribution in [0.2, 0.25) is 0 Å². The smallest absolute Gasteiger partial charge is 0.306 e. The van der Waals surface area contributed by atoms with Gasteiger partial charge in [0.05, 0.1) is 23.2 Å². The molecule has 1 fully saturated rings. The average Bonchev–Trinajstić information content (AvgIpc) is 2.49. The summed E-state index contributed by atoms with van der Waals surface area (Å²) in [6.45, 7) is 0. The first-order chi connectivity index (χ1) is 10.0. The summed E-state index contributed by atoms with van der Waals surface area (Å²) in [5.74, 6) is -1.69. The van der Waals surface area contributed by atoms with Gasteiger partial charge in [-0.3, -0.25) is 9.59 Å². The molecule has 2 atom stereocenters. The number of hydrogen-bond donors (Lipinski definition) is 2. The van der Waals surface area contributed by atoms with Crippen molar-refractivity contribution in [3.05, 3.63) is 28.2 Å². The lowest BCUT2D eigenvalue weighted by molar-refractivity contribution is -0.143. The molecule has 1 aromatic rings. The molecule has 0 aromatic heterocycles. The van der Waals surface area contributed by atoms with Gasteiger partial charge in [0.25, 0.3) is 0 Å². The second-order valence-corrected chi connectivity index (χ2v) is 6.05. The van der Waals surface area contributed by atoms with E-state index in [0.29, 0.717) is 35.0 Å². The van der Waals surface area contributed by atoms with Crippen LogP contribution in [0.5, 0.6) is 0 Å². The number of halogens is 1. The van der Waals surface area contributed by atoms with Gasteiger partial charge in [0, 0.05) is 10.4 Å². The van der Waals surface area contributed by atoms with Crippen molar-refractivity contribution < 1.29 is 14.7 Å². The molecule has 0 heterocycles. The van der Waals surface area contributed by atoms with Gasteiger partial charge in [-0.15, -0.1) is 0 Å². The maximum Gasteiger partial charge on any atom is 0.306 e. The van der Waals surface area contributed by atoms with Crippen molar-refractivity contribution in [2.24, 2.45) is 11.8 Å². The minimum atomic E-state index is -0.827. The van der Waals surface area contributed by atoms with Gasteiger partial charge >= 0.3 is 5.97 Å². The largest absolute Gasteiger partial charge is 0.481 e. The molecule has 1 aliphatic carbocycles. The van der Waals surface area contributed by atoms with Crippen molar-refractivity contribution in [1.29, 1.82) is 5.26 Å². The summed E-state index contributed by atoms with van der Waals surface area (Å²) >= 11 is 3.32. The molecule has 2 unspecified atom stereocenters. The highest BCUT2D eigenvalue weighted by atomic mass is 79.9. The van der Waals surface area contributed by atoms with Crippen molar-refractivity contribution in [2.45, 2.75) is 25.7 Å². The Kier molecular flexibility index (Phi) is 4.97. The first kappa shape index (κ1) is 15.5. The molecular weight excluding hydrogens is 336 g/mol. The van der Waals surface area contributed by atoms with Crippen LogP contribution in [0.4, 0.5) is 5.69 Å². The number of rotatable bonds is 3. The van der Waals surface area contributed by atoms with E-state index in [1.807, 2.05) is 6.07 Å². The predicted molar refractivity (Wildman–Crippen MR) is 80.6 cm³/mol. The topological polar surface area (TPSA) is 90.2 Å². The van der Waals surface area contributed by atoms with Crippen molar-refractivity contribution in [3.63, 3.8) is 0 Å². The van der Waals surface area contributed by atoms with Crippen molar-refractivity contribution in [2.75, 3.05) is 5.32 Å². The summed E-state index contributed by atoms with van der Waals surface area (Å²) in [6, 6.07) is 6.95. The van der Waals surface area contributed by atoms with E-state index in [1.54, 1.807) is 18.2 Å². The zero-order valence-electron chi connectivity index (χ0n) is 11.3. The Morgan fingerprint density at radius 1 is 1.33 bits per heavy atom. The van der Waals surface area contributed by atoms with Crippen LogP contribution in [0.3, 0.4) is 0 Å². The second-order valence-electron chi connectivity index (χ2n) is 5.19. The normalized spacial score (nSPS) is 21.3. The second kappa shape index (κ2) is 6.72. The monoisotopic (exact) mass is 350 g/mol. The van der Waals surface area contributed by atoms with Gasteiger partial charge in [0.15, 0.2) is 0 Å². The lowest BCUT2D eigenvalue weighted by Crippen LogP contribution is -2.31.